The summed E-state index contributed by atoms with van der Waals surface area (Å²) in [5.41, 5.74) is 1.52. The van der Waals surface area contributed by atoms with E-state index in [4.69, 9.17) is 0 Å². The first kappa shape index (κ1) is 14.3. The van der Waals surface area contributed by atoms with Gasteiger partial charge >= 0.3 is 0 Å². The van der Waals surface area contributed by atoms with Gasteiger partial charge < -0.3 is 5.11 Å². The summed E-state index contributed by atoms with van der Waals surface area (Å²) >= 11 is 0. The lowest BCUT2D eigenvalue weighted by atomic mass is 9.85. The molecule has 0 spiro atoms. The second kappa shape index (κ2) is 5.72. The standard InChI is InChI=1S/C20H25NO/c22-20(12-7-15-21-13-4-1-5-14-21)18-10-3-2-8-16(18)17-9-6-11-19(17)20/h2-3,8,10,17,19,22H,1,4-6,9,11,13-15H2/t17-,19+,20-/m1/s1. The van der Waals surface area contributed by atoms with Gasteiger partial charge in [0, 0.05) is 5.92 Å². The third-order valence-corrected chi connectivity index (χ3v) is 5.85. The van der Waals surface area contributed by atoms with Crippen molar-refractivity contribution in [3.63, 3.8) is 0 Å². The van der Waals surface area contributed by atoms with Crippen LogP contribution in [0.5, 0.6) is 0 Å². The van der Waals surface area contributed by atoms with E-state index in [9.17, 15) is 5.11 Å². The van der Waals surface area contributed by atoms with Gasteiger partial charge in [-0.05, 0) is 55.8 Å². The van der Waals surface area contributed by atoms with E-state index >= 15 is 0 Å². The van der Waals surface area contributed by atoms with Gasteiger partial charge in [0.05, 0.1) is 6.54 Å². The molecule has 1 saturated heterocycles. The third kappa shape index (κ3) is 2.28. The lowest BCUT2D eigenvalue weighted by Gasteiger charge is -2.26. The van der Waals surface area contributed by atoms with Crippen molar-refractivity contribution in [2.24, 2.45) is 5.92 Å². The highest BCUT2D eigenvalue weighted by Crippen LogP contribution is 2.56. The minimum absolute atomic E-state index is 0.304. The van der Waals surface area contributed by atoms with Gasteiger partial charge in [-0.3, -0.25) is 4.90 Å². The molecule has 0 aromatic heterocycles. The highest BCUT2D eigenvalue weighted by molar-refractivity contribution is 5.48. The SMILES string of the molecule is O[C@]1(C#CCN2CCCCC2)c2ccccc2[C@H]2CCC[C@@H]21. The first-order valence-electron chi connectivity index (χ1n) is 8.83. The summed E-state index contributed by atoms with van der Waals surface area (Å²) in [6, 6.07) is 8.42. The fourth-order valence-corrected chi connectivity index (χ4v) is 4.76. The van der Waals surface area contributed by atoms with E-state index in [1.54, 1.807) is 0 Å². The highest BCUT2D eigenvalue weighted by atomic mass is 16.3. The predicted octanol–water partition coefficient (Wildman–Crippen LogP) is 3.26. The summed E-state index contributed by atoms with van der Waals surface area (Å²) in [4.78, 5) is 2.42. The van der Waals surface area contributed by atoms with Crippen molar-refractivity contribution >= 4 is 0 Å². The molecule has 1 N–H and O–H groups in total. The first-order valence-corrected chi connectivity index (χ1v) is 8.83. The number of fused-ring (bicyclic) bond motifs is 3. The Bertz CT molecular complexity index is 608. The number of hydrogen-bond acceptors (Lipinski definition) is 2. The molecule has 22 heavy (non-hydrogen) atoms. The van der Waals surface area contributed by atoms with Crippen molar-refractivity contribution in [3.05, 3.63) is 35.4 Å². The minimum atomic E-state index is -0.909. The Morgan fingerprint density at radius 3 is 2.77 bits per heavy atom. The summed E-state index contributed by atoms with van der Waals surface area (Å²) in [5, 5.41) is 11.4. The highest BCUT2D eigenvalue weighted by Gasteiger charge is 2.51. The molecule has 2 heteroatoms. The molecule has 0 bridgehead atoms. The number of rotatable bonds is 1. The van der Waals surface area contributed by atoms with Crippen LogP contribution >= 0.6 is 0 Å². The smallest absolute Gasteiger partial charge is 0.154 e. The maximum Gasteiger partial charge on any atom is 0.154 e. The third-order valence-electron chi connectivity index (χ3n) is 5.85. The van der Waals surface area contributed by atoms with Gasteiger partial charge in [0.1, 0.15) is 0 Å². The lowest BCUT2D eigenvalue weighted by molar-refractivity contribution is 0.0449. The van der Waals surface area contributed by atoms with Crippen LogP contribution in [0.4, 0.5) is 0 Å². The lowest BCUT2D eigenvalue weighted by Crippen LogP contribution is -2.32. The van der Waals surface area contributed by atoms with E-state index in [0.717, 1.165) is 31.6 Å². The van der Waals surface area contributed by atoms with Crippen LogP contribution in [0, 0.1) is 17.8 Å². The number of aliphatic hydroxyl groups is 1. The van der Waals surface area contributed by atoms with Crippen molar-refractivity contribution in [1.82, 2.24) is 4.90 Å². The van der Waals surface area contributed by atoms with Gasteiger partial charge in [-0.15, -0.1) is 0 Å². The Morgan fingerprint density at radius 1 is 1.09 bits per heavy atom. The Hall–Kier alpha value is -1.30. The Balaban J connectivity index is 1.59. The van der Waals surface area contributed by atoms with Crippen LogP contribution < -0.4 is 0 Å². The van der Waals surface area contributed by atoms with Gasteiger partial charge in [0.2, 0.25) is 0 Å². The summed E-state index contributed by atoms with van der Waals surface area (Å²) in [6.45, 7) is 3.13. The van der Waals surface area contributed by atoms with E-state index in [1.807, 2.05) is 6.07 Å². The van der Waals surface area contributed by atoms with Crippen LogP contribution in [0.1, 0.15) is 55.6 Å². The van der Waals surface area contributed by atoms with Gasteiger partial charge in [0.15, 0.2) is 5.60 Å². The van der Waals surface area contributed by atoms with Crippen LogP contribution in [-0.4, -0.2) is 29.6 Å². The van der Waals surface area contributed by atoms with Gasteiger partial charge in [-0.1, -0.05) is 48.9 Å². The van der Waals surface area contributed by atoms with E-state index in [1.165, 1.54) is 37.7 Å². The Kier molecular flexibility index (Phi) is 3.72. The molecule has 1 aromatic rings. The molecule has 1 heterocycles. The van der Waals surface area contributed by atoms with Crippen molar-refractivity contribution in [2.45, 2.75) is 50.0 Å². The second-order valence-electron chi connectivity index (χ2n) is 7.14. The minimum Gasteiger partial charge on any atom is -0.373 e. The molecule has 2 nitrogen and oxygen atoms in total. The second-order valence-corrected chi connectivity index (χ2v) is 7.14. The normalized spacial score (nSPS) is 33.9. The first-order chi connectivity index (χ1) is 10.8. The maximum atomic E-state index is 11.4. The maximum absolute atomic E-state index is 11.4. The number of benzene rings is 1. The molecule has 116 valence electrons. The van der Waals surface area contributed by atoms with E-state index in [2.05, 4.69) is 34.9 Å². The molecule has 1 saturated carbocycles. The topological polar surface area (TPSA) is 23.5 Å². The molecule has 1 aliphatic heterocycles. The quantitative estimate of drug-likeness (QED) is 0.804. The van der Waals surface area contributed by atoms with Crippen molar-refractivity contribution in [1.29, 1.82) is 0 Å². The van der Waals surface area contributed by atoms with Crippen LogP contribution in [0.15, 0.2) is 24.3 Å². The van der Waals surface area contributed by atoms with Crippen molar-refractivity contribution in [3.8, 4) is 11.8 Å². The number of likely N-dealkylation sites (tertiary alicyclic amines) is 1. The van der Waals surface area contributed by atoms with Crippen LogP contribution in [0.2, 0.25) is 0 Å². The average molecular weight is 295 g/mol. The molecule has 3 aliphatic rings. The molecule has 1 aromatic carbocycles. The van der Waals surface area contributed by atoms with Crippen LogP contribution in [0.25, 0.3) is 0 Å². The molecule has 0 unspecified atom stereocenters. The fraction of sp³-hybridized carbons (Fsp3) is 0.600. The molecular formula is C20H25NO. The monoisotopic (exact) mass is 295 g/mol. The van der Waals surface area contributed by atoms with Crippen LogP contribution in [-0.2, 0) is 5.60 Å². The summed E-state index contributed by atoms with van der Waals surface area (Å²) in [7, 11) is 0. The number of piperidine rings is 1. The van der Waals surface area contributed by atoms with Crippen LogP contribution in [0.3, 0.4) is 0 Å². The largest absolute Gasteiger partial charge is 0.373 e. The molecule has 0 amide bonds. The molecule has 0 radical (unpaired) electrons. The zero-order valence-electron chi connectivity index (χ0n) is 13.2. The summed E-state index contributed by atoms with van der Waals surface area (Å²) in [5.74, 6) is 7.44. The molecule has 2 aliphatic carbocycles. The summed E-state index contributed by atoms with van der Waals surface area (Å²) in [6.07, 6.45) is 7.47. The molecule has 4 rings (SSSR count). The number of nitrogens with zero attached hydrogens (tertiary/aromatic N) is 1. The predicted molar refractivity (Wildman–Crippen MR) is 88.5 cm³/mol. The van der Waals surface area contributed by atoms with Crippen molar-refractivity contribution < 1.29 is 5.11 Å². The van der Waals surface area contributed by atoms with Crippen molar-refractivity contribution in [2.75, 3.05) is 19.6 Å². The molecule has 3 atom stereocenters. The molecular weight excluding hydrogens is 270 g/mol. The fourth-order valence-electron chi connectivity index (χ4n) is 4.76. The van der Waals surface area contributed by atoms with E-state index in [-0.39, 0.29) is 0 Å². The zero-order chi connectivity index (χ0) is 15.0. The van der Waals surface area contributed by atoms with E-state index in [0.29, 0.717) is 11.8 Å². The average Bonchev–Trinajstić information content (AvgIpc) is 3.13. The van der Waals surface area contributed by atoms with E-state index < -0.39 is 5.60 Å². The van der Waals surface area contributed by atoms with Gasteiger partial charge in [-0.25, -0.2) is 0 Å². The number of hydrogen-bond donors (Lipinski definition) is 1. The summed E-state index contributed by atoms with van der Waals surface area (Å²) < 4.78 is 0. The van der Waals surface area contributed by atoms with Gasteiger partial charge in [0.25, 0.3) is 0 Å². The Morgan fingerprint density at radius 2 is 1.91 bits per heavy atom. The molecule has 2 fully saturated rings. The van der Waals surface area contributed by atoms with Gasteiger partial charge in [-0.2, -0.15) is 0 Å². The Labute approximate surface area is 133 Å². The zero-order valence-corrected chi connectivity index (χ0v) is 13.2.